The topological polar surface area (TPSA) is 83.7 Å². The Balaban J connectivity index is 1.50. The number of anilines is 1. The number of ether oxygens (including phenoxy) is 1. The second-order valence-corrected chi connectivity index (χ2v) is 8.77. The van der Waals surface area contributed by atoms with Gasteiger partial charge in [-0.3, -0.25) is 14.3 Å². The van der Waals surface area contributed by atoms with Crippen molar-refractivity contribution >= 4 is 16.6 Å². The Kier molecular flexibility index (Phi) is 4.58. The minimum atomic E-state index is -0.364. The molecule has 0 amide bonds. The van der Waals surface area contributed by atoms with Crippen molar-refractivity contribution in [1.29, 1.82) is 0 Å². The Hall–Kier alpha value is -2.79. The highest BCUT2D eigenvalue weighted by atomic mass is 16.5. The third kappa shape index (κ3) is 3.08. The van der Waals surface area contributed by atoms with Crippen LogP contribution in [-0.2, 0) is 0 Å². The molecular formula is C22H27N5O3. The summed E-state index contributed by atoms with van der Waals surface area (Å²) in [6.45, 7) is 10.1. The Labute approximate surface area is 174 Å². The maximum Gasteiger partial charge on any atom is 0.329 e. The van der Waals surface area contributed by atoms with Crippen LogP contribution >= 0.6 is 0 Å². The van der Waals surface area contributed by atoms with Gasteiger partial charge in [-0.05, 0) is 50.2 Å². The van der Waals surface area contributed by atoms with E-state index in [1.54, 1.807) is 11.7 Å². The lowest BCUT2D eigenvalue weighted by Gasteiger charge is -2.26. The molecule has 2 N–H and O–H groups in total. The lowest BCUT2D eigenvalue weighted by atomic mass is 9.96. The zero-order valence-electron chi connectivity index (χ0n) is 17.2. The fourth-order valence-corrected chi connectivity index (χ4v) is 5.10. The minimum absolute atomic E-state index is 0.133. The lowest BCUT2D eigenvalue weighted by Crippen LogP contribution is -2.41. The summed E-state index contributed by atoms with van der Waals surface area (Å²) in [6.07, 6.45) is 5.29. The second-order valence-electron chi connectivity index (χ2n) is 8.77. The van der Waals surface area contributed by atoms with Gasteiger partial charge in [-0.15, -0.1) is 0 Å². The van der Waals surface area contributed by atoms with Crippen LogP contribution in [0.4, 0.5) is 5.69 Å². The zero-order chi connectivity index (χ0) is 20.9. The van der Waals surface area contributed by atoms with Crippen molar-refractivity contribution in [2.75, 3.05) is 38.2 Å². The van der Waals surface area contributed by atoms with Gasteiger partial charge in [0.1, 0.15) is 5.52 Å². The number of fused-ring (bicyclic) bond motifs is 1. The third-order valence-electron chi connectivity index (χ3n) is 6.95. The fourth-order valence-electron chi connectivity index (χ4n) is 5.10. The van der Waals surface area contributed by atoms with E-state index in [1.165, 1.54) is 0 Å². The Bertz CT molecular complexity index is 1140. The molecule has 3 aliphatic rings. The molecule has 1 aliphatic heterocycles. The van der Waals surface area contributed by atoms with Crippen LogP contribution in [0.1, 0.15) is 38.1 Å². The average Bonchev–Trinajstić information content (AvgIpc) is 3.67. The highest BCUT2D eigenvalue weighted by Gasteiger charge is 2.51. The van der Waals surface area contributed by atoms with Crippen molar-refractivity contribution in [3.05, 3.63) is 44.4 Å². The van der Waals surface area contributed by atoms with Crippen LogP contribution in [-0.4, -0.2) is 48.4 Å². The van der Waals surface area contributed by atoms with Crippen LogP contribution < -0.4 is 26.2 Å². The Morgan fingerprint density at radius 2 is 2.10 bits per heavy atom. The largest absolute Gasteiger partial charge is 0.492 e. The normalized spacial score (nSPS) is 22.3. The summed E-state index contributed by atoms with van der Waals surface area (Å²) < 4.78 is 7.52. The number of aromatic amines is 1. The molecule has 8 nitrogen and oxygen atoms in total. The van der Waals surface area contributed by atoms with Crippen LogP contribution in [0, 0.1) is 12.5 Å². The molecule has 1 saturated heterocycles. The number of aromatic nitrogens is 2. The number of rotatable bonds is 7. The van der Waals surface area contributed by atoms with Gasteiger partial charge < -0.3 is 19.8 Å². The van der Waals surface area contributed by atoms with Crippen LogP contribution in [0.5, 0.6) is 5.75 Å². The van der Waals surface area contributed by atoms with Crippen molar-refractivity contribution < 1.29 is 4.74 Å². The summed E-state index contributed by atoms with van der Waals surface area (Å²) >= 11 is 0. The molecule has 2 heterocycles. The van der Waals surface area contributed by atoms with Crippen LogP contribution in [0.2, 0.25) is 0 Å². The van der Waals surface area contributed by atoms with E-state index in [1.807, 2.05) is 12.1 Å². The van der Waals surface area contributed by atoms with Crippen molar-refractivity contribution in [3.63, 3.8) is 0 Å². The average molecular weight is 409 g/mol. The number of nitrogens with zero attached hydrogens (tertiary/aromatic N) is 3. The predicted octanol–water partition coefficient (Wildman–Crippen LogP) is 1.90. The first-order chi connectivity index (χ1) is 14.6. The Morgan fingerprint density at radius 3 is 2.77 bits per heavy atom. The summed E-state index contributed by atoms with van der Waals surface area (Å²) in [7, 11) is 1.61. The second kappa shape index (κ2) is 7.17. The summed E-state index contributed by atoms with van der Waals surface area (Å²) in [5.41, 5.74) is 1.01. The molecule has 158 valence electrons. The first-order valence-electron chi connectivity index (χ1n) is 10.8. The van der Waals surface area contributed by atoms with Gasteiger partial charge in [-0.2, -0.15) is 0 Å². The molecule has 30 heavy (non-hydrogen) atoms. The van der Waals surface area contributed by atoms with E-state index in [0.29, 0.717) is 29.1 Å². The fraction of sp³-hybridized carbons (Fsp3) is 0.591. The summed E-state index contributed by atoms with van der Waals surface area (Å²) in [4.78, 5) is 33.2. The van der Waals surface area contributed by atoms with E-state index in [9.17, 15) is 9.59 Å². The monoisotopic (exact) mass is 409 g/mol. The third-order valence-corrected chi connectivity index (χ3v) is 6.95. The predicted molar refractivity (Wildman–Crippen MR) is 115 cm³/mol. The number of hydrogen-bond donors (Lipinski definition) is 2. The van der Waals surface area contributed by atoms with E-state index in [4.69, 9.17) is 11.3 Å². The van der Waals surface area contributed by atoms with E-state index in [2.05, 4.69) is 20.0 Å². The van der Waals surface area contributed by atoms with Gasteiger partial charge in [0.25, 0.3) is 5.56 Å². The Morgan fingerprint density at radius 1 is 1.30 bits per heavy atom. The van der Waals surface area contributed by atoms with Gasteiger partial charge in [-0.1, -0.05) is 0 Å². The first kappa shape index (κ1) is 19.2. The van der Waals surface area contributed by atoms with Gasteiger partial charge in [0.15, 0.2) is 5.75 Å². The van der Waals surface area contributed by atoms with Crippen molar-refractivity contribution in [3.8, 4) is 5.75 Å². The summed E-state index contributed by atoms with van der Waals surface area (Å²) in [5, 5.41) is 4.13. The van der Waals surface area contributed by atoms with Gasteiger partial charge in [0.2, 0.25) is 6.54 Å². The number of methoxy groups -OCH3 is 1. The van der Waals surface area contributed by atoms with Gasteiger partial charge >= 0.3 is 5.69 Å². The molecule has 1 aromatic carbocycles. The van der Waals surface area contributed by atoms with Crippen LogP contribution in [0.25, 0.3) is 15.7 Å². The van der Waals surface area contributed by atoms with Crippen molar-refractivity contribution in [1.82, 2.24) is 14.9 Å². The standard InChI is InChI=1S/C22H27N5O3/c1-23-10-11-24-22(8-9-22)14-7-12-26(13-14)17-6-5-16-18(19(17)30-2)27(15-3-4-15)21(29)25-20(16)28/h5-6,14-15,24H,3-4,7-13H2,2H3,(H,25,28,29). The maximum atomic E-state index is 12.6. The summed E-state index contributed by atoms with van der Waals surface area (Å²) in [5.74, 6) is 1.14. The molecule has 1 unspecified atom stereocenters. The quantitative estimate of drug-likeness (QED) is 0.539. The van der Waals surface area contributed by atoms with Crippen molar-refractivity contribution in [2.24, 2.45) is 5.92 Å². The molecule has 8 heteroatoms. The molecule has 1 atom stereocenters. The minimum Gasteiger partial charge on any atom is -0.492 e. The van der Waals surface area contributed by atoms with Gasteiger partial charge in [0, 0.05) is 24.7 Å². The molecule has 1 aromatic heterocycles. The lowest BCUT2D eigenvalue weighted by molar-refractivity contribution is 0.362. The molecule has 3 fully saturated rings. The molecule has 2 aromatic rings. The van der Waals surface area contributed by atoms with Crippen molar-refractivity contribution in [2.45, 2.75) is 43.7 Å². The zero-order valence-corrected chi connectivity index (χ0v) is 17.2. The summed E-state index contributed by atoms with van der Waals surface area (Å²) in [6, 6.07) is 3.90. The van der Waals surface area contributed by atoms with E-state index < -0.39 is 0 Å². The smallest absolute Gasteiger partial charge is 0.329 e. The molecule has 0 spiro atoms. The first-order valence-corrected chi connectivity index (χ1v) is 10.8. The van der Waals surface area contributed by atoms with E-state index in [-0.39, 0.29) is 22.8 Å². The van der Waals surface area contributed by atoms with Gasteiger partial charge in [0.05, 0.1) is 24.7 Å². The van der Waals surface area contributed by atoms with E-state index >= 15 is 0 Å². The number of nitrogens with one attached hydrogen (secondary N) is 2. The SMILES string of the molecule is [C-]#[N+]CCNC1(C2CCN(c3ccc4c(=O)[nH]c(=O)n(C5CC5)c4c3OC)C2)CC1. The van der Waals surface area contributed by atoms with Crippen LogP contribution in [0.15, 0.2) is 21.7 Å². The molecule has 5 rings (SSSR count). The number of H-pyrrole nitrogens is 1. The maximum absolute atomic E-state index is 12.6. The molecule has 2 aliphatic carbocycles. The van der Waals surface area contributed by atoms with E-state index in [0.717, 1.165) is 57.4 Å². The number of benzene rings is 1. The number of hydrogen-bond acceptors (Lipinski definition) is 5. The van der Waals surface area contributed by atoms with Gasteiger partial charge in [-0.25, -0.2) is 11.4 Å². The highest BCUT2D eigenvalue weighted by Crippen LogP contribution is 2.48. The molecule has 2 saturated carbocycles. The molecule has 0 bridgehead atoms. The molecular weight excluding hydrogens is 382 g/mol. The molecule has 0 radical (unpaired) electrons. The van der Waals surface area contributed by atoms with Crippen LogP contribution in [0.3, 0.4) is 0 Å². The highest BCUT2D eigenvalue weighted by molar-refractivity contribution is 5.90.